The maximum Gasteiger partial charge on any atom is 0.120 e. The molecule has 0 spiro atoms. The Morgan fingerprint density at radius 3 is 2.79 bits per heavy atom. The first-order valence-electron chi connectivity index (χ1n) is 7.87. The molecule has 1 atom stereocenters. The first-order chi connectivity index (χ1) is 11.4. The molecule has 5 heteroatoms. The molecule has 2 aromatic rings. The summed E-state index contributed by atoms with van der Waals surface area (Å²) >= 11 is 3.48. The number of hydrogen-bond acceptors (Lipinski definition) is 4. The Morgan fingerprint density at radius 1 is 1.25 bits per heavy atom. The predicted molar refractivity (Wildman–Crippen MR) is 99.9 cm³/mol. The molecular weight excluding hydrogens is 368 g/mol. The van der Waals surface area contributed by atoms with Gasteiger partial charge in [-0.05, 0) is 49.7 Å². The topological polar surface area (TPSA) is 53.8 Å². The maximum absolute atomic E-state index is 10.3. The van der Waals surface area contributed by atoms with Crippen molar-refractivity contribution in [1.82, 2.24) is 5.32 Å². The van der Waals surface area contributed by atoms with E-state index in [2.05, 4.69) is 21.2 Å². The number of hydrogen-bond donors (Lipinski definition) is 2. The van der Waals surface area contributed by atoms with Gasteiger partial charge in [0, 0.05) is 28.2 Å². The minimum absolute atomic E-state index is 0.0174. The van der Waals surface area contributed by atoms with Gasteiger partial charge in [0.15, 0.2) is 0 Å². The Labute approximate surface area is 150 Å². The van der Waals surface area contributed by atoms with Crippen LogP contribution >= 0.6 is 15.9 Å². The van der Waals surface area contributed by atoms with Crippen LogP contribution in [0, 0.1) is 0 Å². The highest BCUT2D eigenvalue weighted by molar-refractivity contribution is 9.10. The zero-order valence-corrected chi connectivity index (χ0v) is 15.6. The van der Waals surface area contributed by atoms with E-state index in [1.807, 2.05) is 50.2 Å². The van der Waals surface area contributed by atoms with Crippen LogP contribution in [-0.4, -0.2) is 23.6 Å². The molecule has 3 rings (SSSR count). The standard InChI is InChI=1S/C19H21BrN2O2/c1-19(2)21-16(12-5-4-6-14(9-12)24-3)11-17(22-19)15-10-13(20)7-8-18(15)23/h4-10,17,22-23H,11H2,1-3H3/t17-/m0/s1. The van der Waals surface area contributed by atoms with Crippen molar-refractivity contribution in [2.45, 2.75) is 32.0 Å². The van der Waals surface area contributed by atoms with Crippen LogP contribution in [0.15, 0.2) is 51.9 Å². The lowest BCUT2D eigenvalue weighted by molar-refractivity contribution is 0.328. The van der Waals surface area contributed by atoms with Gasteiger partial charge in [0.2, 0.25) is 0 Å². The number of halogens is 1. The first kappa shape index (κ1) is 17.0. The van der Waals surface area contributed by atoms with Crippen molar-refractivity contribution in [3.8, 4) is 11.5 Å². The van der Waals surface area contributed by atoms with Crippen molar-refractivity contribution in [3.05, 3.63) is 58.1 Å². The third-order valence-corrected chi connectivity index (χ3v) is 4.60. The van der Waals surface area contributed by atoms with Crippen LogP contribution in [0.3, 0.4) is 0 Å². The first-order valence-corrected chi connectivity index (χ1v) is 8.66. The Hall–Kier alpha value is -1.85. The van der Waals surface area contributed by atoms with Gasteiger partial charge in [-0.25, -0.2) is 0 Å². The number of aliphatic imine (C=N–C) groups is 1. The highest BCUT2D eigenvalue weighted by atomic mass is 79.9. The normalized spacial score (nSPS) is 19.7. The molecule has 0 fully saturated rings. The molecule has 24 heavy (non-hydrogen) atoms. The van der Waals surface area contributed by atoms with Gasteiger partial charge >= 0.3 is 0 Å². The number of nitrogens with zero attached hydrogens (tertiary/aromatic N) is 1. The second-order valence-corrected chi connectivity index (χ2v) is 7.37. The van der Waals surface area contributed by atoms with Crippen LogP contribution < -0.4 is 10.1 Å². The predicted octanol–water partition coefficient (Wildman–Crippen LogP) is 4.42. The lowest BCUT2D eigenvalue weighted by atomic mass is 9.92. The summed E-state index contributed by atoms with van der Waals surface area (Å²) in [4.78, 5) is 4.84. The monoisotopic (exact) mass is 388 g/mol. The van der Waals surface area contributed by atoms with Gasteiger partial charge in [-0.2, -0.15) is 0 Å². The molecule has 4 nitrogen and oxygen atoms in total. The van der Waals surface area contributed by atoms with Crippen molar-refractivity contribution in [2.24, 2.45) is 4.99 Å². The van der Waals surface area contributed by atoms with Crippen molar-refractivity contribution >= 4 is 21.6 Å². The summed E-state index contributed by atoms with van der Waals surface area (Å²) in [5.74, 6) is 1.10. The van der Waals surface area contributed by atoms with E-state index in [-0.39, 0.29) is 6.04 Å². The van der Waals surface area contributed by atoms with Gasteiger partial charge in [-0.15, -0.1) is 0 Å². The third-order valence-electron chi connectivity index (χ3n) is 4.11. The average Bonchev–Trinajstić information content (AvgIpc) is 2.55. The molecule has 2 N–H and O–H groups in total. The van der Waals surface area contributed by atoms with Gasteiger partial charge in [-0.3, -0.25) is 10.3 Å². The number of aromatic hydroxyl groups is 1. The minimum atomic E-state index is -0.421. The molecule has 1 aliphatic rings. The molecule has 1 aliphatic heterocycles. The molecule has 0 saturated carbocycles. The van der Waals surface area contributed by atoms with Crippen molar-refractivity contribution in [2.75, 3.05) is 7.11 Å². The van der Waals surface area contributed by atoms with E-state index in [4.69, 9.17) is 9.73 Å². The molecule has 0 aromatic heterocycles. The maximum atomic E-state index is 10.3. The van der Waals surface area contributed by atoms with E-state index in [1.54, 1.807) is 13.2 Å². The highest BCUT2D eigenvalue weighted by Gasteiger charge is 2.31. The van der Waals surface area contributed by atoms with Gasteiger partial charge < -0.3 is 9.84 Å². The summed E-state index contributed by atoms with van der Waals surface area (Å²) in [6, 6.07) is 13.4. The summed E-state index contributed by atoms with van der Waals surface area (Å²) in [5, 5.41) is 13.8. The third kappa shape index (κ3) is 3.62. The van der Waals surface area contributed by atoms with Gasteiger partial charge in [0.05, 0.1) is 7.11 Å². The van der Waals surface area contributed by atoms with E-state index >= 15 is 0 Å². The van der Waals surface area contributed by atoms with Gasteiger partial charge in [-0.1, -0.05) is 28.1 Å². The zero-order valence-electron chi connectivity index (χ0n) is 14.0. The fraction of sp³-hybridized carbons (Fsp3) is 0.316. The SMILES string of the molecule is COc1cccc(C2=NC(C)(C)N[C@H](c3cc(Br)ccc3O)C2)c1. The molecule has 0 saturated heterocycles. The summed E-state index contributed by atoms with van der Waals surface area (Å²) in [6.07, 6.45) is 0.695. The molecule has 0 aliphatic carbocycles. The molecule has 0 radical (unpaired) electrons. The second kappa shape index (κ2) is 6.57. The fourth-order valence-corrected chi connectivity index (χ4v) is 3.44. The van der Waals surface area contributed by atoms with E-state index in [9.17, 15) is 5.11 Å². The Kier molecular flexibility index (Phi) is 4.65. The molecule has 126 valence electrons. The van der Waals surface area contributed by atoms with Crippen molar-refractivity contribution in [1.29, 1.82) is 0 Å². The van der Waals surface area contributed by atoms with E-state index in [1.165, 1.54) is 0 Å². The number of phenolic OH excluding ortho intramolecular Hbond substituents is 1. The number of benzene rings is 2. The molecule has 2 aromatic carbocycles. The summed E-state index contributed by atoms with van der Waals surface area (Å²) in [5.41, 5.74) is 2.49. The Balaban J connectivity index is 1.99. The van der Waals surface area contributed by atoms with Crippen LogP contribution in [0.5, 0.6) is 11.5 Å². The number of nitrogens with one attached hydrogen (secondary N) is 1. The number of ether oxygens (including phenoxy) is 1. The molecular formula is C19H21BrN2O2. The summed E-state index contributed by atoms with van der Waals surface area (Å²) in [7, 11) is 1.66. The summed E-state index contributed by atoms with van der Waals surface area (Å²) in [6.45, 7) is 4.07. The van der Waals surface area contributed by atoms with Gasteiger partial charge in [0.25, 0.3) is 0 Å². The quantitative estimate of drug-likeness (QED) is 0.817. The minimum Gasteiger partial charge on any atom is -0.508 e. The highest BCUT2D eigenvalue weighted by Crippen LogP contribution is 2.35. The average molecular weight is 389 g/mol. The van der Waals surface area contributed by atoms with E-state index in [0.717, 1.165) is 27.1 Å². The van der Waals surface area contributed by atoms with Crippen LogP contribution in [0.4, 0.5) is 0 Å². The van der Waals surface area contributed by atoms with E-state index in [0.29, 0.717) is 12.2 Å². The van der Waals surface area contributed by atoms with Crippen LogP contribution in [0.25, 0.3) is 0 Å². The number of methoxy groups -OCH3 is 1. The molecule has 0 amide bonds. The van der Waals surface area contributed by atoms with Crippen LogP contribution in [0.2, 0.25) is 0 Å². The lowest BCUT2D eigenvalue weighted by Crippen LogP contribution is -2.45. The Morgan fingerprint density at radius 2 is 2.04 bits per heavy atom. The van der Waals surface area contributed by atoms with Crippen LogP contribution in [-0.2, 0) is 0 Å². The Bertz CT molecular complexity index is 787. The zero-order chi connectivity index (χ0) is 17.3. The summed E-state index contributed by atoms with van der Waals surface area (Å²) < 4.78 is 6.27. The number of rotatable bonds is 3. The molecule has 0 bridgehead atoms. The number of phenols is 1. The fourth-order valence-electron chi connectivity index (χ4n) is 3.06. The molecule has 0 unspecified atom stereocenters. The van der Waals surface area contributed by atoms with Crippen molar-refractivity contribution < 1.29 is 9.84 Å². The van der Waals surface area contributed by atoms with Gasteiger partial charge in [0.1, 0.15) is 17.2 Å². The lowest BCUT2D eigenvalue weighted by Gasteiger charge is -2.35. The molecule has 1 heterocycles. The second-order valence-electron chi connectivity index (χ2n) is 6.45. The smallest absolute Gasteiger partial charge is 0.120 e. The van der Waals surface area contributed by atoms with E-state index < -0.39 is 5.66 Å². The largest absolute Gasteiger partial charge is 0.508 e. The van der Waals surface area contributed by atoms with Crippen LogP contribution in [0.1, 0.15) is 37.4 Å². The van der Waals surface area contributed by atoms with Crippen molar-refractivity contribution in [3.63, 3.8) is 0 Å².